The lowest BCUT2D eigenvalue weighted by molar-refractivity contribution is 1.08. The normalized spacial score (nSPS) is 10.1. The second-order valence-electron chi connectivity index (χ2n) is 3.21. The van der Waals surface area contributed by atoms with E-state index in [0.29, 0.717) is 17.5 Å². The van der Waals surface area contributed by atoms with Crippen molar-refractivity contribution in [2.24, 2.45) is 0 Å². The first-order chi connectivity index (χ1) is 7.74. The lowest BCUT2D eigenvalue weighted by Gasteiger charge is -2.05. The Hall–Kier alpha value is -1.32. The van der Waals surface area contributed by atoms with Crippen LogP contribution in [0.25, 0.3) is 0 Å². The van der Waals surface area contributed by atoms with E-state index in [1.165, 1.54) is 6.33 Å². The van der Waals surface area contributed by atoms with Gasteiger partial charge in [-0.25, -0.2) is 9.97 Å². The molecule has 0 aliphatic carbocycles. The van der Waals surface area contributed by atoms with E-state index in [9.17, 15) is 0 Å². The Morgan fingerprint density at radius 2 is 1.81 bits per heavy atom. The molecule has 0 saturated heterocycles. The molecule has 16 heavy (non-hydrogen) atoms. The van der Waals surface area contributed by atoms with Gasteiger partial charge in [0.15, 0.2) is 0 Å². The molecule has 3 nitrogen and oxygen atoms in total. The third kappa shape index (κ3) is 3.08. The van der Waals surface area contributed by atoms with E-state index in [-0.39, 0.29) is 0 Å². The fourth-order valence-corrected chi connectivity index (χ4v) is 1.50. The number of hydrogen-bond donors (Lipinski definition) is 1. The zero-order chi connectivity index (χ0) is 11.4. The SMILES string of the molecule is Clc1ccc(CNc2cc(Cl)ncn2)cc1. The number of nitrogens with zero attached hydrogens (tertiary/aromatic N) is 2. The molecule has 1 N–H and O–H groups in total. The molecule has 0 atom stereocenters. The minimum Gasteiger partial charge on any atom is -0.366 e. The molecule has 0 bridgehead atoms. The average Bonchev–Trinajstić information content (AvgIpc) is 2.28. The van der Waals surface area contributed by atoms with Gasteiger partial charge in [-0.3, -0.25) is 0 Å². The molecule has 0 fully saturated rings. The molecular formula is C11H9Cl2N3. The van der Waals surface area contributed by atoms with E-state index in [1.54, 1.807) is 6.07 Å². The monoisotopic (exact) mass is 253 g/mol. The second-order valence-corrected chi connectivity index (χ2v) is 4.03. The molecule has 1 heterocycles. The summed E-state index contributed by atoms with van der Waals surface area (Å²) < 4.78 is 0. The molecule has 5 heteroatoms. The first-order valence-corrected chi connectivity index (χ1v) is 5.45. The first kappa shape index (κ1) is 11.2. The van der Waals surface area contributed by atoms with Crippen LogP contribution in [0.1, 0.15) is 5.56 Å². The molecule has 0 spiro atoms. The van der Waals surface area contributed by atoms with E-state index in [1.807, 2.05) is 24.3 Å². The highest BCUT2D eigenvalue weighted by molar-refractivity contribution is 6.30. The third-order valence-corrected chi connectivity index (χ3v) is 2.48. The van der Waals surface area contributed by atoms with Crippen molar-refractivity contribution in [1.82, 2.24) is 9.97 Å². The van der Waals surface area contributed by atoms with E-state index < -0.39 is 0 Å². The average molecular weight is 254 g/mol. The van der Waals surface area contributed by atoms with Crippen molar-refractivity contribution in [3.8, 4) is 0 Å². The van der Waals surface area contributed by atoms with E-state index in [4.69, 9.17) is 23.2 Å². The molecule has 0 aliphatic heterocycles. The first-order valence-electron chi connectivity index (χ1n) is 4.70. The van der Waals surface area contributed by atoms with Crippen molar-refractivity contribution in [3.63, 3.8) is 0 Å². The Kier molecular flexibility index (Phi) is 3.59. The molecule has 1 aromatic heterocycles. The number of aromatic nitrogens is 2. The highest BCUT2D eigenvalue weighted by Crippen LogP contribution is 2.12. The van der Waals surface area contributed by atoms with Gasteiger partial charge in [-0.1, -0.05) is 35.3 Å². The summed E-state index contributed by atoms with van der Waals surface area (Å²) in [6, 6.07) is 9.30. The van der Waals surface area contributed by atoms with Gasteiger partial charge in [0.25, 0.3) is 0 Å². The quantitative estimate of drug-likeness (QED) is 0.853. The van der Waals surface area contributed by atoms with Crippen LogP contribution in [0.3, 0.4) is 0 Å². The molecule has 2 rings (SSSR count). The molecule has 82 valence electrons. The van der Waals surface area contributed by atoms with Crippen molar-refractivity contribution < 1.29 is 0 Å². The second kappa shape index (κ2) is 5.14. The summed E-state index contributed by atoms with van der Waals surface area (Å²) in [5.74, 6) is 0.704. The fraction of sp³-hybridized carbons (Fsp3) is 0.0909. The van der Waals surface area contributed by atoms with Crippen LogP contribution < -0.4 is 5.32 Å². The lowest BCUT2D eigenvalue weighted by Crippen LogP contribution is -2.01. The van der Waals surface area contributed by atoms with Crippen LogP contribution in [0.5, 0.6) is 0 Å². The van der Waals surface area contributed by atoms with Gasteiger partial charge in [-0.05, 0) is 17.7 Å². The predicted octanol–water partition coefficient (Wildman–Crippen LogP) is 3.40. The van der Waals surface area contributed by atoms with Crippen LogP contribution in [-0.2, 0) is 6.54 Å². The van der Waals surface area contributed by atoms with Crippen molar-refractivity contribution in [1.29, 1.82) is 0 Å². The van der Waals surface area contributed by atoms with Gasteiger partial charge in [0.2, 0.25) is 0 Å². The van der Waals surface area contributed by atoms with Crippen LogP contribution in [0, 0.1) is 0 Å². The Labute approximate surface area is 103 Å². The summed E-state index contributed by atoms with van der Waals surface area (Å²) in [7, 11) is 0. The van der Waals surface area contributed by atoms with Gasteiger partial charge in [0, 0.05) is 17.6 Å². The summed E-state index contributed by atoms with van der Waals surface area (Å²) in [5.41, 5.74) is 1.12. The van der Waals surface area contributed by atoms with Gasteiger partial charge in [-0.15, -0.1) is 0 Å². The maximum Gasteiger partial charge on any atom is 0.134 e. The van der Waals surface area contributed by atoms with Gasteiger partial charge in [-0.2, -0.15) is 0 Å². The minimum absolute atomic E-state index is 0.425. The van der Waals surface area contributed by atoms with E-state index in [0.717, 1.165) is 10.6 Å². The van der Waals surface area contributed by atoms with Crippen molar-refractivity contribution in [2.75, 3.05) is 5.32 Å². The van der Waals surface area contributed by atoms with E-state index >= 15 is 0 Å². The standard InChI is InChI=1S/C11H9Cl2N3/c12-9-3-1-8(2-4-9)6-14-11-5-10(13)15-7-16-11/h1-5,7H,6H2,(H,14,15,16). The maximum atomic E-state index is 5.79. The molecule has 0 radical (unpaired) electrons. The summed E-state index contributed by atoms with van der Waals surface area (Å²) in [6.07, 6.45) is 1.42. The molecule has 0 aliphatic rings. The Balaban J connectivity index is 1.99. The van der Waals surface area contributed by atoms with Crippen LogP contribution in [-0.4, -0.2) is 9.97 Å². The Bertz CT molecular complexity index is 471. The van der Waals surface area contributed by atoms with Crippen LogP contribution >= 0.6 is 23.2 Å². The van der Waals surface area contributed by atoms with Gasteiger partial charge >= 0.3 is 0 Å². The van der Waals surface area contributed by atoms with Gasteiger partial charge < -0.3 is 5.32 Å². The molecule has 2 aromatic rings. The molecular weight excluding hydrogens is 245 g/mol. The molecule has 1 aromatic carbocycles. The highest BCUT2D eigenvalue weighted by Gasteiger charge is 1.97. The number of benzene rings is 1. The minimum atomic E-state index is 0.425. The molecule has 0 amide bonds. The Morgan fingerprint density at radius 3 is 2.50 bits per heavy atom. The lowest BCUT2D eigenvalue weighted by atomic mass is 10.2. The summed E-state index contributed by atoms with van der Waals surface area (Å²) in [6.45, 7) is 0.671. The predicted molar refractivity (Wildman–Crippen MR) is 65.8 cm³/mol. The number of anilines is 1. The fourth-order valence-electron chi connectivity index (χ4n) is 1.23. The zero-order valence-electron chi connectivity index (χ0n) is 8.32. The molecule has 0 unspecified atom stereocenters. The maximum absolute atomic E-state index is 5.79. The van der Waals surface area contributed by atoms with Gasteiger partial charge in [0.05, 0.1) is 0 Å². The van der Waals surface area contributed by atoms with Crippen molar-refractivity contribution >= 4 is 29.0 Å². The van der Waals surface area contributed by atoms with E-state index in [2.05, 4.69) is 15.3 Å². The number of hydrogen-bond acceptors (Lipinski definition) is 3. The van der Waals surface area contributed by atoms with Gasteiger partial charge in [0.1, 0.15) is 17.3 Å². The summed E-state index contributed by atoms with van der Waals surface area (Å²) in [4.78, 5) is 7.84. The van der Waals surface area contributed by atoms with Crippen molar-refractivity contribution in [2.45, 2.75) is 6.54 Å². The number of halogens is 2. The topological polar surface area (TPSA) is 37.8 Å². The Morgan fingerprint density at radius 1 is 1.06 bits per heavy atom. The van der Waals surface area contributed by atoms with Crippen LogP contribution in [0.2, 0.25) is 10.2 Å². The highest BCUT2D eigenvalue weighted by atomic mass is 35.5. The third-order valence-electron chi connectivity index (χ3n) is 2.02. The number of rotatable bonds is 3. The molecule has 0 saturated carbocycles. The summed E-state index contributed by atoms with van der Waals surface area (Å²) >= 11 is 11.5. The largest absolute Gasteiger partial charge is 0.366 e. The van der Waals surface area contributed by atoms with Crippen molar-refractivity contribution in [3.05, 3.63) is 52.4 Å². The van der Waals surface area contributed by atoms with Crippen LogP contribution in [0.4, 0.5) is 5.82 Å². The van der Waals surface area contributed by atoms with Crippen LogP contribution in [0.15, 0.2) is 36.7 Å². The smallest absolute Gasteiger partial charge is 0.134 e. The number of nitrogens with one attached hydrogen (secondary N) is 1. The summed E-state index contributed by atoms with van der Waals surface area (Å²) in [5, 5.41) is 4.30. The zero-order valence-corrected chi connectivity index (χ0v) is 9.83.